The van der Waals surface area contributed by atoms with E-state index in [1.54, 1.807) is 0 Å². The number of fused-ring (bicyclic) bond motifs is 2. The Kier molecular flexibility index (Phi) is 8.77. The van der Waals surface area contributed by atoms with E-state index < -0.39 is 0 Å². The Morgan fingerprint density at radius 3 is 2.38 bits per heavy atom. The van der Waals surface area contributed by atoms with Gasteiger partial charge in [-0.1, -0.05) is 0 Å². The van der Waals surface area contributed by atoms with Crippen molar-refractivity contribution < 1.29 is 9.90 Å². The lowest BCUT2D eigenvalue weighted by molar-refractivity contribution is -0.135. The average molecular weight is 382 g/mol. The normalized spacial score (nSPS) is 34.2. The van der Waals surface area contributed by atoms with Crippen LogP contribution in [0.4, 0.5) is 0 Å². The number of hydrogen-bond donors (Lipinski definition) is 2. The van der Waals surface area contributed by atoms with Crippen molar-refractivity contribution in [2.75, 3.05) is 26.2 Å². The summed E-state index contributed by atoms with van der Waals surface area (Å²) in [5, 5.41) is 13.2. The van der Waals surface area contributed by atoms with Crippen molar-refractivity contribution in [1.29, 1.82) is 0 Å². The van der Waals surface area contributed by atoms with E-state index in [-0.39, 0.29) is 30.9 Å². The number of aliphatic hydroxyl groups is 1. The zero-order chi connectivity index (χ0) is 15.7. The van der Waals surface area contributed by atoms with Gasteiger partial charge in [0.1, 0.15) is 0 Å². The van der Waals surface area contributed by atoms with E-state index in [4.69, 9.17) is 0 Å². The molecule has 4 unspecified atom stereocenters. The average Bonchev–Trinajstić information content (AvgIpc) is 2.79. The van der Waals surface area contributed by atoms with Crippen LogP contribution in [-0.4, -0.2) is 71.2 Å². The maximum absolute atomic E-state index is 12.6. The van der Waals surface area contributed by atoms with Gasteiger partial charge in [0.05, 0.1) is 6.10 Å². The van der Waals surface area contributed by atoms with E-state index >= 15 is 0 Å². The molecule has 142 valence electrons. The molecule has 0 saturated carbocycles. The van der Waals surface area contributed by atoms with Crippen molar-refractivity contribution in [3.63, 3.8) is 0 Å². The van der Waals surface area contributed by atoms with Crippen LogP contribution in [0.3, 0.4) is 0 Å². The number of piperidine rings is 1. The Bertz CT molecular complexity index is 399. The summed E-state index contributed by atoms with van der Waals surface area (Å²) in [7, 11) is 0. The second-order valence-corrected chi connectivity index (χ2v) is 7.71. The molecule has 2 N–H and O–H groups in total. The van der Waals surface area contributed by atoms with Gasteiger partial charge in [-0.3, -0.25) is 9.69 Å². The Labute approximate surface area is 158 Å². The second-order valence-electron chi connectivity index (χ2n) is 7.71. The van der Waals surface area contributed by atoms with Crippen LogP contribution in [0.2, 0.25) is 0 Å². The molecule has 3 aliphatic rings. The number of nitrogens with zero attached hydrogens (tertiary/aromatic N) is 2. The number of halogens is 2. The van der Waals surface area contributed by atoms with Crippen LogP contribution in [0.1, 0.15) is 46.0 Å². The molecule has 5 nitrogen and oxygen atoms in total. The molecule has 3 saturated heterocycles. The Balaban J connectivity index is 0.00000144. The lowest BCUT2D eigenvalue weighted by Crippen LogP contribution is -2.55. The highest BCUT2D eigenvalue weighted by molar-refractivity contribution is 5.85. The minimum absolute atomic E-state index is 0. The highest BCUT2D eigenvalue weighted by Gasteiger charge is 2.35. The molecule has 0 radical (unpaired) electrons. The Hall–Kier alpha value is -0.0700. The summed E-state index contributed by atoms with van der Waals surface area (Å²) >= 11 is 0. The molecule has 0 aromatic rings. The van der Waals surface area contributed by atoms with Gasteiger partial charge in [-0.2, -0.15) is 0 Å². The van der Waals surface area contributed by atoms with Gasteiger partial charge >= 0.3 is 0 Å². The van der Waals surface area contributed by atoms with Crippen molar-refractivity contribution in [2.24, 2.45) is 5.92 Å². The smallest absolute Gasteiger partial charge is 0.222 e. The molecule has 3 rings (SSSR count). The molecule has 7 heteroatoms. The molecule has 24 heavy (non-hydrogen) atoms. The van der Waals surface area contributed by atoms with E-state index in [9.17, 15) is 9.90 Å². The Morgan fingerprint density at radius 2 is 1.83 bits per heavy atom. The van der Waals surface area contributed by atoms with E-state index in [0.29, 0.717) is 36.5 Å². The number of amides is 1. The first-order chi connectivity index (χ1) is 10.5. The summed E-state index contributed by atoms with van der Waals surface area (Å²) in [4.78, 5) is 17.0. The largest absolute Gasteiger partial charge is 0.392 e. The third-order valence-electron chi connectivity index (χ3n) is 5.65. The van der Waals surface area contributed by atoms with Crippen molar-refractivity contribution in [1.82, 2.24) is 15.1 Å². The van der Waals surface area contributed by atoms with Crippen molar-refractivity contribution in [3.05, 3.63) is 0 Å². The quantitative estimate of drug-likeness (QED) is 0.777. The first-order valence-electron chi connectivity index (χ1n) is 8.97. The SMILES string of the molecule is CC(O)CN1CCN(C(=O)CC2CC3CCC(C2)N3)CC1C.Cl.Cl. The summed E-state index contributed by atoms with van der Waals surface area (Å²) in [6, 6.07) is 1.67. The second kappa shape index (κ2) is 9.58. The van der Waals surface area contributed by atoms with Gasteiger partial charge in [0.25, 0.3) is 0 Å². The van der Waals surface area contributed by atoms with Crippen LogP contribution in [0.25, 0.3) is 0 Å². The van der Waals surface area contributed by atoms with Crippen LogP contribution in [-0.2, 0) is 4.79 Å². The summed E-state index contributed by atoms with van der Waals surface area (Å²) in [5.41, 5.74) is 0. The molecular weight excluding hydrogens is 349 g/mol. The summed E-state index contributed by atoms with van der Waals surface area (Å²) in [6.07, 6.45) is 5.39. The topological polar surface area (TPSA) is 55.8 Å². The third-order valence-corrected chi connectivity index (χ3v) is 5.65. The number of nitrogens with one attached hydrogen (secondary N) is 1. The molecule has 4 atom stereocenters. The number of hydrogen-bond acceptors (Lipinski definition) is 4. The van der Waals surface area contributed by atoms with E-state index in [2.05, 4.69) is 17.1 Å². The molecule has 0 spiro atoms. The van der Waals surface area contributed by atoms with Crippen molar-refractivity contribution in [2.45, 2.75) is 70.2 Å². The van der Waals surface area contributed by atoms with Gasteiger partial charge in [-0.25, -0.2) is 0 Å². The lowest BCUT2D eigenvalue weighted by atomic mass is 9.89. The number of carbonyl (C=O) groups is 1. The van der Waals surface area contributed by atoms with Gasteiger partial charge in [0, 0.05) is 50.7 Å². The summed E-state index contributed by atoms with van der Waals surface area (Å²) in [6.45, 7) is 7.20. The summed E-state index contributed by atoms with van der Waals surface area (Å²) in [5.74, 6) is 0.923. The van der Waals surface area contributed by atoms with Gasteiger partial charge in [0.2, 0.25) is 5.91 Å². The van der Waals surface area contributed by atoms with Crippen LogP contribution in [0, 0.1) is 5.92 Å². The van der Waals surface area contributed by atoms with Crippen LogP contribution < -0.4 is 5.32 Å². The molecule has 0 aromatic heterocycles. The maximum Gasteiger partial charge on any atom is 0.222 e. The molecule has 3 fully saturated rings. The summed E-state index contributed by atoms with van der Waals surface area (Å²) < 4.78 is 0. The molecule has 3 heterocycles. The predicted octanol–water partition coefficient (Wildman–Crippen LogP) is 1.66. The molecule has 3 aliphatic heterocycles. The van der Waals surface area contributed by atoms with Gasteiger partial charge < -0.3 is 15.3 Å². The Morgan fingerprint density at radius 1 is 1.21 bits per heavy atom. The molecular formula is C17H33Cl2N3O2. The molecule has 2 bridgehead atoms. The standard InChI is InChI=1S/C17H31N3O2.2ClH/c1-12-10-20(6-5-19(12)11-13(2)21)17(22)9-14-7-15-3-4-16(8-14)18-15;;/h12-16,18,21H,3-11H2,1-2H3;2*1H. The maximum atomic E-state index is 12.6. The minimum Gasteiger partial charge on any atom is -0.392 e. The van der Waals surface area contributed by atoms with E-state index in [0.717, 1.165) is 26.1 Å². The highest BCUT2D eigenvalue weighted by atomic mass is 35.5. The van der Waals surface area contributed by atoms with E-state index in [1.165, 1.54) is 25.7 Å². The molecule has 1 amide bonds. The fourth-order valence-corrected chi connectivity index (χ4v) is 4.55. The zero-order valence-corrected chi connectivity index (χ0v) is 16.5. The monoisotopic (exact) mass is 381 g/mol. The first kappa shape index (κ1) is 22.0. The van der Waals surface area contributed by atoms with Gasteiger partial charge in [0.15, 0.2) is 0 Å². The fourth-order valence-electron chi connectivity index (χ4n) is 4.55. The molecule has 0 aromatic carbocycles. The predicted molar refractivity (Wildman–Crippen MR) is 101 cm³/mol. The minimum atomic E-state index is -0.296. The first-order valence-corrected chi connectivity index (χ1v) is 8.97. The van der Waals surface area contributed by atoms with Crippen LogP contribution >= 0.6 is 24.8 Å². The number of aliphatic hydroxyl groups excluding tert-OH is 1. The van der Waals surface area contributed by atoms with Gasteiger partial charge in [-0.05, 0) is 45.4 Å². The number of rotatable bonds is 4. The van der Waals surface area contributed by atoms with Crippen molar-refractivity contribution >= 4 is 30.7 Å². The zero-order valence-electron chi connectivity index (χ0n) is 14.8. The number of piperazine rings is 1. The number of β-amino-alcohol motifs (C(OH)–C–C–N with tert-alkyl or cyclic N) is 1. The molecule has 0 aliphatic carbocycles. The van der Waals surface area contributed by atoms with E-state index in [1.807, 2.05) is 11.8 Å². The highest BCUT2D eigenvalue weighted by Crippen LogP contribution is 2.33. The number of carbonyl (C=O) groups excluding carboxylic acids is 1. The fraction of sp³-hybridized carbons (Fsp3) is 0.941. The van der Waals surface area contributed by atoms with Gasteiger partial charge in [-0.15, -0.1) is 24.8 Å². The lowest BCUT2D eigenvalue weighted by Gasteiger charge is -2.41. The third kappa shape index (κ3) is 5.46. The van der Waals surface area contributed by atoms with Crippen LogP contribution in [0.5, 0.6) is 0 Å². The van der Waals surface area contributed by atoms with Crippen LogP contribution in [0.15, 0.2) is 0 Å². The van der Waals surface area contributed by atoms with Crippen molar-refractivity contribution in [3.8, 4) is 0 Å².